The minimum Gasteiger partial charge on any atom is -0.289 e. The summed E-state index contributed by atoms with van der Waals surface area (Å²) >= 11 is 0. The number of aromatic nitrogens is 1. The van der Waals surface area contributed by atoms with Crippen LogP contribution in [0.15, 0.2) is 18.2 Å². The topological polar surface area (TPSA) is 105 Å². The molecule has 2 rings (SSSR count). The fourth-order valence-corrected chi connectivity index (χ4v) is 2.13. The van der Waals surface area contributed by atoms with E-state index in [0.717, 1.165) is 0 Å². The SMILES string of the molecule is CC1CC(=O)N(Cc2cccc(C(=O)NN)n2)C(=O)C1. The number of carbonyl (C=O) groups is 3. The van der Waals surface area contributed by atoms with Gasteiger partial charge in [-0.2, -0.15) is 0 Å². The number of nitrogen functional groups attached to an aromatic ring is 1. The number of likely N-dealkylation sites (tertiary alicyclic amines) is 1. The third kappa shape index (κ3) is 3.00. The average molecular weight is 276 g/mol. The van der Waals surface area contributed by atoms with Crippen molar-refractivity contribution in [2.45, 2.75) is 26.3 Å². The van der Waals surface area contributed by atoms with Crippen molar-refractivity contribution >= 4 is 17.7 Å². The third-order valence-corrected chi connectivity index (χ3v) is 3.14. The largest absolute Gasteiger partial charge is 0.289 e. The normalized spacial score (nSPS) is 16.4. The number of hydrogen-bond acceptors (Lipinski definition) is 5. The quantitative estimate of drug-likeness (QED) is 0.349. The molecular weight excluding hydrogens is 260 g/mol. The lowest BCUT2D eigenvalue weighted by atomic mass is 9.97. The van der Waals surface area contributed by atoms with Gasteiger partial charge in [-0.05, 0) is 18.1 Å². The van der Waals surface area contributed by atoms with Crippen LogP contribution in [0.4, 0.5) is 0 Å². The Morgan fingerprint density at radius 3 is 2.65 bits per heavy atom. The van der Waals surface area contributed by atoms with Gasteiger partial charge in [0.05, 0.1) is 12.2 Å². The predicted octanol–water partition coefficient (Wildman–Crippen LogP) is -0.0298. The number of nitrogens with two attached hydrogens (primary N) is 1. The van der Waals surface area contributed by atoms with E-state index in [9.17, 15) is 14.4 Å². The Bertz CT molecular complexity index is 540. The van der Waals surface area contributed by atoms with E-state index in [0.29, 0.717) is 18.5 Å². The van der Waals surface area contributed by atoms with E-state index < -0.39 is 5.91 Å². The van der Waals surface area contributed by atoms with Gasteiger partial charge in [0.15, 0.2) is 0 Å². The van der Waals surface area contributed by atoms with Crippen molar-refractivity contribution in [3.8, 4) is 0 Å². The van der Waals surface area contributed by atoms with Crippen molar-refractivity contribution in [3.05, 3.63) is 29.6 Å². The fraction of sp³-hybridized carbons (Fsp3) is 0.385. The molecule has 1 aromatic rings. The van der Waals surface area contributed by atoms with Crippen LogP contribution >= 0.6 is 0 Å². The highest BCUT2D eigenvalue weighted by molar-refractivity contribution is 5.97. The van der Waals surface area contributed by atoms with Gasteiger partial charge in [-0.25, -0.2) is 10.8 Å². The van der Waals surface area contributed by atoms with Crippen LogP contribution in [0.3, 0.4) is 0 Å². The number of amides is 3. The van der Waals surface area contributed by atoms with Crippen LogP contribution < -0.4 is 11.3 Å². The first-order valence-electron chi connectivity index (χ1n) is 6.31. The van der Waals surface area contributed by atoms with Crippen LogP contribution in [-0.2, 0) is 16.1 Å². The van der Waals surface area contributed by atoms with Gasteiger partial charge in [0.2, 0.25) is 11.8 Å². The van der Waals surface area contributed by atoms with E-state index >= 15 is 0 Å². The molecule has 0 bridgehead atoms. The summed E-state index contributed by atoms with van der Waals surface area (Å²) in [7, 11) is 0. The molecule has 0 radical (unpaired) electrons. The highest BCUT2D eigenvalue weighted by Gasteiger charge is 2.30. The molecule has 3 N–H and O–H groups in total. The summed E-state index contributed by atoms with van der Waals surface area (Å²) in [5.41, 5.74) is 2.61. The lowest BCUT2D eigenvalue weighted by molar-refractivity contribution is -0.150. The molecular formula is C13H16N4O3. The molecule has 1 aliphatic rings. The molecule has 1 aromatic heterocycles. The Kier molecular flexibility index (Phi) is 4.09. The molecule has 1 saturated heterocycles. The molecule has 20 heavy (non-hydrogen) atoms. The number of nitrogens with zero attached hydrogens (tertiary/aromatic N) is 2. The Morgan fingerprint density at radius 2 is 2.05 bits per heavy atom. The molecule has 7 heteroatoms. The van der Waals surface area contributed by atoms with Crippen LogP contribution in [0.1, 0.15) is 35.9 Å². The number of hydrazine groups is 1. The van der Waals surface area contributed by atoms with Gasteiger partial charge >= 0.3 is 0 Å². The molecule has 0 unspecified atom stereocenters. The molecule has 0 atom stereocenters. The van der Waals surface area contributed by atoms with Crippen molar-refractivity contribution in [1.82, 2.24) is 15.3 Å². The first kappa shape index (κ1) is 14.1. The molecule has 0 saturated carbocycles. The highest BCUT2D eigenvalue weighted by Crippen LogP contribution is 2.20. The summed E-state index contributed by atoms with van der Waals surface area (Å²) in [6, 6.07) is 4.80. The molecule has 0 aliphatic carbocycles. The van der Waals surface area contributed by atoms with E-state index in [1.54, 1.807) is 12.1 Å². The Labute approximate surface area is 116 Å². The number of pyridine rings is 1. The summed E-state index contributed by atoms with van der Waals surface area (Å²) in [4.78, 5) is 40.4. The number of hydrogen-bond donors (Lipinski definition) is 2. The molecule has 106 valence electrons. The lowest BCUT2D eigenvalue weighted by Crippen LogP contribution is -2.42. The van der Waals surface area contributed by atoms with E-state index in [-0.39, 0.29) is 30.0 Å². The van der Waals surface area contributed by atoms with E-state index in [2.05, 4.69) is 4.98 Å². The van der Waals surface area contributed by atoms with Gasteiger partial charge in [-0.3, -0.25) is 24.7 Å². The van der Waals surface area contributed by atoms with Crippen molar-refractivity contribution in [3.63, 3.8) is 0 Å². The fourth-order valence-electron chi connectivity index (χ4n) is 2.13. The second kappa shape index (κ2) is 5.79. The van der Waals surface area contributed by atoms with Gasteiger partial charge in [-0.1, -0.05) is 13.0 Å². The van der Waals surface area contributed by atoms with Crippen molar-refractivity contribution in [1.29, 1.82) is 0 Å². The van der Waals surface area contributed by atoms with Gasteiger partial charge in [-0.15, -0.1) is 0 Å². The number of carbonyl (C=O) groups excluding carboxylic acids is 3. The van der Waals surface area contributed by atoms with Crippen LogP contribution in [0, 0.1) is 5.92 Å². The zero-order valence-electron chi connectivity index (χ0n) is 11.1. The van der Waals surface area contributed by atoms with E-state index in [1.807, 2.05) is 12.3 Å². The number of piperidine rings is 1. The molecule has 3 amide bonds. The summed E-state index contributed by atoms with van der Waals surface area (Å²) in [6.07, 6.45) is 0.712. The van der Waals surface area contributed by atoms with Gasteiger partial charge < -0.3 is 0 Å². The monoisotopic (exact) mass is 276 g/mol. The first-order valence-corrected chi connectivity index (χ1v) is 6.31. The van der Waals surface area contributed by atoms with Gasteiger partial charge in [0, 0.05) is 12.8 Å². The molecule has 1 aliphatic heterocycles. The second-order valence-electron chi connectivity index (χ2n) is 4.87. The maximum absolute atomic E-state index is 11.9. The third-order valence-electron chi connectivity index (χ3n) is 3.14. The summed E-state index contributed by atoms with van der Waals surface area (Å²) in [5, 5.41) is 0. The highest BCUT2D eigenvalue weighted by atomic mass is 16.2. The van der Waals surface area contributed by atoms with Crippen molar-refractivity contribution in [2.75, 3.05) is 0 Å². The molecule has 7 nitrogen and oxygen atoms in total. The predicted molar refractivity (Wildman–Crippen MR) is 69.8 cm³/mol. The minimum atomic E-state index is -0.517. The van der Waals surface area contributed by atoms with Gasteiger partial charge in [0.25, 0.3) is 5.91 Å². The second-order valence-corrected chi connectivity index (χ2v) is 4.87. The average Bonchev–Trinajstić information content (AvgIpc) is 2.42. The molecule has 2 heterocycles. The summed E-state index contributed by atoms with van der Waals surface area (Å²) in [5.74, 6) is 4.19. The van der Waals surface area contributed by atoms with Crippen molar-refractivity contribution in [2.24, 2.45) is 11.8 Å². The Balaban J connectivity index is 2.15. The van der Waals surface area contributed by atoms with E-state index in [1.165, 1.54) is 11.0 Å². The Morgan fingerprint density at radius 1 is 1.40 bits per heavy atom. The first-order chi connectivity index (χ1) is 9.51. The Hall–Kier alpha value is -2.28. The van der Waals surface area contributed by atoms with Crippen molar-refractivity contribution < 1.29 is 14.4 Å². The number of nitrogens with one attached hydrogen (secondary N) is 1. The molecule has 0 spiro atoms. The van der Waals surface area contributed by atoms with Gasteiger partial charge in [0.1, 0.15) is 5.69 Å². The summed E-state index contributed by atoms with van der Waals surface area (Å²) in [6.45, 7) is 1.95. The van der Waals surface area contributed by atoms with Crippen LogP contribution in [0.2, 0.25) is 0 Å². The standard InChI is InChI=1S/C13H16N4O3/c1-8-5-11(18)17(12(19)6-8)7-9-3-2-4-10(15-9)13(20)16-14/h2-4,8H,5-7,14H2,1H3,(H,16,20). The molecule has 1 fully saturated rings. The van der Waals surface area contributed by atoms with Crippen LogP contribution in [-0.4, -0.2) is 27.6 Å². The number of rotatable bonds is 3. The maximum Gasteiger partial charge on any atom is 0.283 e. The van der Waals surface area contributed by atoms with Crippen LogP contribution in [0.5, 0.6) is 0 Å². The minimum absolute atomic E-state index is 0.0774. The van der Waals surface area contributed by atoms with E-state index in [4.69, 9.17) is 5.84 Å². The van der Waals surface area contributed by atoms with Crippen LogP contribution in [0.25, 0.3) is 0 Å². The summed E-state index contributed by atoms with van der Waals surface area (Å²) < 4.78 is 0. The smallest absolute Gasteiger partial charge is 0.283 e. The molecule has 0 aromatic carbocycles. The number of imide groups is 1. The zero-order chi connectivity index (χ0) is 14.7. The lowest BCUT2D eigenvalue weighted by Gasteiger charge is -2.28. The zero-order valence-corrected chi connectivity index (χ0v) is 11.1. The maximum atomic E-state index is 11.9.